The monoisotopic (exact) mass is 335 g/mol. The molecule has 20 heavy (non-hydrogen) atoms. The van der Waals surface area contributed by atoms with Gasteiger partial charge in [-0.2, -0.15) is 0 Å². The summed E-state index contributed by atoms with van der Waals surface area (Å²) in [6.45, 7) is 0.846. The van der Waals surface area contributed by atoms with E-state index in [0.29, 0.717) is 12.0 Å². The van der Waals surface area contributed by atoms with Crippen molar-refractivity contribution in [2.45, 2.75) is 44.6 Å². The van der Waals surface area contributed by atoms with Gasteiger partial charge < -0.3 is 10.6 Å². The molecule has 1 aliphatic carbocycles. The van der Waals surface area contributed by atoms with Crippen molar-refractivity contribution in [3.8, 4) is 0 Å². The second kappa shape index (κ2) is 6.17. The number of hydrogen-bond acceptors (Lipinski definition) is 3. The van der Waals surface area contributed by atoms with E-state index in [0.717, 1.165) is 22.6 Å². The van der Waals surface area contributed by atoms with Crippen LogP contribution in [0.15, 0.2) is 33.7 Å². The number of nitrogens with zero attached hydrogens (tertiary/aromatic N) is 2. The summed E-state index contributed by atoms with van der Waals surface area (Å²) in [5.41, 5.74) is 7.27. The summed E-state index contributed by atoms with van der Waals surface area (Å²) in [4.78, 5) is 6.70. The Morgan fingerprint density at radius 1 is 1.15 bits per heavy atom. The Labute approximate surface area is 129 Å². The first-order valence-electron chi connectivity index (χ1n) is 7.59. The third-order valence-electron chi connectivity index (χ3n) is 4.51. The van der Waals surface area contributed by atoms with Crippen molar-refractivity contribution >= 4 is 27.6 Å². The molecular formula is C16H22BrN3. The third-order valence-corrected chi connectivity index (χ3v) is 5.04. The van der Waals surface area contributed by atoms with Gasteiger partial charge >= 0.3 is 0 Å². The Morgan fingerprint density at radius 3 is 2.55 bits per heavy atom. The highest BCUT2D eigenvalue weighted by Crippen LogP contribution is 2.32. The smallest absolute Gasteiger partial charge is 0.196 e. The van der Waals surface area contributed by atoms with Gasteiger partial charge in [0.05, 0.1) is 12.6 Å². The molecule has 1 aromatic carbocycles. The molecule has 0 amide bonds. The van der Waals surface area contributed by atoms with E-state index in [1.807, 2.05) is 0 Å². The molecule has 1 heterocycles. The lowest BCUT2D eigenvalue weighted by Gasteiger charge is -2.31. The lowest BCUT2D eigenvalue weighted by atomic mass is 9.84. The van der Waals surface area contributed by atoms with Crippen LogP contribution in [0.3, 0.4) is 0 Å². The lowest BCUT2D eigenvalue weighted by molar-refractivity contribution is 0.322. The Morgan fingerprint density at radius 2 is 1.85 bits per heavy atom. The Hall–Kier alpha value is -1.03. The number of rotatable bonds is 3. The maximum absolute atomic E-state index is 6.11. The largest absolute Gasteiger partial charge is 0.370 e. The van der Waals surface area contributed by atoms with Gasteiger partial charge in [0.25, 0.3) is 0 Å². The Balaban J connectivity index is 1.72. The van der Waals surface area contributed by atoms with Crippen LogP contribution < -0.4 is 10.6 Å². The summed E-state index contributed by atoms with van der Waals surface area (Å²) in [5, 5.41) is 0. The van der Waals surface area contributed by atoms with Gasteiger partial charge in [-0.05, 0) is 36.6 Å². The van der Waals surface area contributed by atoms with Crippen LogP contribution >= 0.6 is 15.9 Å². The minimum atomic E-state index is 0.444. The first-order chi connectivity index (χ1) is 9.74. The van der Waals surface area contributed by atoms with Gasteiger partial charge in [0.2, 0.25) is 0 Å². The second-order valence-electron chi connectivity index (χ2n) is 5.94. The highest BCUT2D eigenvalue weighted by molar-refractivity contribution is 9.10. The molecule has 0 aromatic heterocycles. The van der Waals surface area contributed by atoms with Crippen LogP contribution in [0.4, 0.5) is 5.69 Å². The summed E-state index contributed by atoms with van der Waals surface area (Å²) >= 11 is 3.48. The Bertz CT molecular complexity index is 477. The first kappa shape index (κ1) is 13.9. The molecule has 2 N–H and O–H groups in total. The molecule has 108 valence electrons. The van der Waals surface area contributed by atoms with Crippen molar-refractivity contribution in [3.05, 3.63) is 28.7 Å². The van der Waals surface area contributed by atoms with E-state index in [2.05, 4.69) is 50.1 Å². The number of benzene rings is 1. The van der Waals surface area contributed by atoms with Gasteiger partial charge in [0.1, 0.15) is 0 Å². The fraction of sp³-hybridized carbons (Fsp3) is 0.562. The molecule has 0 saturated heterocycles. The van der Waals surface area contributed by atoms with Gasteiger partial charge in [-0.15, -0.1) is 0 Å². The van der Waals surface area contributed by atoms with Gasteiger partial charge in [0.15, 0.2) is 5.96 Å². The average Bonchev–Trinajstić information content (AvgIpc) is 2.82. The summed E-state index contributed by atoms with van der Waals surface area (Å²) in [5.74, 6) is 1.53. The Kier molecular flexibility index (Phi) is 4.29. The van der Waals surface area contributed by atoms with Crippen LogP contribution in [-0.2, 0) is 0 Å². The molecule has 1 fully saturated rings. The van der Waals surface area contributed by atoms with Crippen LogP contribution in [0.1, 0.15) is 38.5 Å². The molecule has 3 rings (SSSR count). The van der Waals surface area contributed by atoms with Crippen molar-refractivity contribution in [1.29, 1.82) is 0 Å². The number of nitrogens with two attached hydrogens (primary N) is 1. The van der Waals surface area contributed by atoms with E-state index < -0.39 is 0 Å². The van der Waals surface area contributed by atoms with E-state index in [1.165, 1.54) is 38.5 Å². The molecule has 2 aliphatic rings. The molecule has 0 spiro atoms. The van der Waals surface area contributed by atoms with Crippen LogP contribution in [0, 0.1) is 5.92 Å². The maximum Gasteiger partial charge on any atom is 0.196 e. The zero-order valence-electron chi connectivity index (χ0n) is 11.8. The normalized spacial score (nSPS) is 23.9. The fourth-order valence-corrected chi connectivity index (χ4v) is 3.74. The van der Waals surface area contributed by atoms with Crippen LogP contribution in [0.2, 0.25) is 0 Å². The molecule has 1 aromatic rings. The summed E-state index contributed by atoms with van der Waals surface area (Å²) in [6, 6.07) is 8.81. The zero-order valence-corrected chi connectivity index (χ0v) is 13.3. The second-order valence-corrected chi connectivity index (χ2v) is 6.85. The van der Waals surface area contributed by atoms with Gasteiger partial charge in [-0.3, -0.25) is 4.99 Å². The third kappa shape index (κ3) is 3.00. The minimum absolute atomic E-state index is 0.444. The van der Waals surface area contributed by atoms with Gasteiger partial charge in [0, 0.05) is 10.2 Å². The van der Waals surface area contributed by atoms with Gasteiger partial charge in [-0.25, -0.2) is 0 Å². The average molecular weight is 336 g/mol. The maximum atomic E-state index is 6.11. The standard InChI is InChI=1S/C16H22BrN3/c17-13-6-8-14(9-7-13)20-15(11-19-16(20)18)10-12-4-2-1-3-5-12/h6-9,12,15H,1-5,10-11H2,(H2,18,19). The number of anilines is 1. The van der Waals surface area contributed by atoms with Crippen LogP contribution in [0.5, 0.6) is 0 Å². The predicted octanol–water partition coefficient (Wildman–Crippen LogP) is 3.92. The van der Waals surface area contributed by atoms with Crippen molar-refractivity contribution in [2.24, 2.45) is 16.6 Å². The lowest BCUT2D eigenvalue weighted by Crippen LogP contribution is -2.42. The quantitative estimate of drug-likeness (QED) is 0.909. The van der Waals surface area contributed by atoms with Crippen LogP contribution in [0.25, 0.3) is 0 Å². The fourth-order valence-electron chi connectivity index (χ4n) is 3.48. The molecule has 1 atom stereocenters. The molecule has 4 heteroatoms. The molecular weight excluding hydrogens is 314 g/mol. The van der Waals surface area contributed by atoms with Gasteiger partial charge in [-0.1, -0.05) is 48.0 Å². The molecule has 1 saturated carbocycles. The number of guanidine groups is 1. The summed E-state index contributed by atoms with van der Waals surface area (Å²) in [7, 11) is 0. The number of halogens is 1. The zero-order chi connectivity index (χ0) is 13.9. The molecule has 0 bridgehead atoms. The number of hydrogen-bond donors (Lipinski definition) is 1. The topological polar surface area (TPSA) is 41.6 Å². The molecule has 1 unspecified atom stereocenters. The van der Waals surface area contributed by atoms with E-state index in [-0.39, 0.29) is 0 Å². The number of aliphatic imine (C=N–C) groups is 1. The molecule has 0 radical (unpaired) electrons. The van der Waals surface area contributed by atoms with Crippen molar-refractivity contribution in [3.63, 3.8) is 0 Å². The van der Waals surface area contributed by atoms with E-state index in [1.54, 1.807) is 0 Å². The van der Waals surface area contributed by atoms with Crippen LogP contribution in [-0.4, -0.2) is 18.5 Å². The summed E-state index contributed by atoms with van der Waals surface area (Å²) < 4.78 is 1.10. The molecule has 1 aliphatic heterocycles. The van der Waals surface area contributed by atoms with Crippen molar-refractivity contribution in [1.82, 2.24) is 0 Å². The highest BCUT2D eigenvalue weighted by Gasteiger charge is 2.30. The SMILES string of the molecule is NC1=NCC(CC2CCCCC2)N1c1ccc(Br)cc1. The van der Waals surface area contributed by atoms with Crippen molar-refractivity contribution in [2.75, 3.05) is 11.4 Å². The van der Waals surface area contributed by atoms with E-state index >= 15 is 0 Å². The predicted molar refractivity (Wildman–Crippen MR) is 88.1 cm³/mol. The first-order valence-corrected chi connectivity index (χ1v) is 8.38. The van der Waals surface area contributed by atoms with E-state index in [4.69, 9.17) is 5.73 Å². The van der Waals surface area contributed by atoms with Crippen molar-refractivity contribution < 1.29 is 0 Å². The molecule has 3 nitrogen and oxygen atoms in total. The minimum Gasteiger partial charge on any atom is -0.370 e. The van der Waals surface area contributed by atoms with E-state index in [9.17, 15) is 0 Å². The summed E-state index contributed by atoms with van der Waals surface area (Å²) in [6.07, 6.45) is 8.18. The highest BCUT2D eigenvalue weighted by atomic mass is 79.9.